The van der Waals surface area contributed by atoms with Crippen molar-refractivity contribution >= 4 is 28.4 Å². The molecule has 0 unspecified atom stereocenters. The van der Waals surface area contributed by atoms with Crippen LogP contribution in [-0.2, 0) is 0 Å². The van der Waals surface area contributed by atoms with Crippen LogP contribution in [0, 0.1) is 14.9 Å². The Bertz CT molecular complexity index is 407. The third kappa shape index (κ3) is 1.98. The van der Waals surface area contributed by atoms with Crippen LogP contribution < -0.4 is 0 Å². The number of nitriles is 1. The lowest BCUT2D eigenvalue weighted by Crippen LogP contribution is -1.98. The molecule has 3 nitrogen and oxygen atoms in total. The minimum Gasteiger partial charge on any atom is -0.508 e. The second-order valence-electron chi connectivity index (χ2n) is 2.52. The van der Waals surface area contributed by atoms with Crippen LogP contribution in [0.4, 0.5) is 0 Å². The number of hydrogen-bond acceptors (Lipinski definition) is 3. The molecule has 0 saturated heterocycles. The predicted octanol–water partition coefficient (Wildman–Crippen LogP) is 2.07. The van der Waals surface area contributed by atoms with Gasteiger partial charge < -0.3 is 5.11 Å². The highest BCUT2D eigenvalue weighted by Gasteiger charge is 2.11. The first-order valence-corrected chi connectivity index (χ1v) is 4.57. The van der Waals surface area contributed by atoms with Crippen LogP contribution in [0.5, 0.6) is 5.75 Å². The van der Waals surface area contributed by atoms with Crippen molar-refractivity contribution in [3.8, 4) is 11.8 Å². The monoisotopic (exact) mass is 287 g/mol. The molecule has 0 heterocycles. The summed E-state index contributed by atoms with van der Waals surface area (Å²) in [6.07, 6.45) is 0. The minimum atomic E-state index is -0.217. The van der Waals surface area contributed by atoms with Crippen LogP contribution in [0.3, 0.4) is 0 Å². The first-order valence-electron chi connectivity index (χ1n) is 3.50. The van der Waals surface area contributed by atoms with Gasteiger partial charge in [-0.25, -0.2) is 0 Å². The summed E-state index contributed by atoms with van der Waals surface area (Å²) in [5.74, 6) is -0.209. The summed E-state index contributed by atoms with van der Waals surface area (Å²) in [5, 5.41) is 17.9. The highest BCUT2D eigenvalue weighted by atomic mass is 127. The van der Waals surface area contributed by atoms with E-state index in [1.54, 1.807) is 0 Å². The maximum absolute atomic E-state index is 11.1. The van der Waals surface area contributed by atoms with Gasteiger partial charge in [-0.2, -0.15) is 5.26 Å². The Morgan fingerprint density at radius 1 is 1.62 bits per heavy atom. The van der Waals surface area contributed by atoms with Crippen molar-refractivity contribution in [2.45, 2.75) is 6.92 Å². The fourth-order valence-electron chi connectivity index (χ4n) is 0.984. The van der Waals surface area contributed by atoms with E-state index in [-0.39, 0.29) is 17.1 Å². The van der Waals surface area contributed by atoms with Gasteiger partial charge in [-0.1, -0.05) is 0 Å². The van der Waals surface area contributed by atoms with E-state index in [4.69, 9.17) is 5.26 Å². The Labute approximate surface area is 89.1 Å². The van der Waals surface area contributed by atoms with Crippen LogP contribution in [0.15, 0.2) is 12.1 Å². The number of hydrogen-bond donors (Lipinski definition) is 1. The number of nitrogens with zero attached hydrogens (tertiary/aromatic N) is 1. The van der Waals surface area contributed by atoms with Gasteiger partial charge in [0, 0.05) is 9.13 Å². The Balaban J connectivity index is 3.50. The second-order valence-corrected chi connectivity index (χ2v) is 3.68. The smallest absolute Gasteiger partial charge is 0.161 e. The summed E-state index contributed by atoms with van der Waals surface area (Å²) in [6, 6.07) is 4.69. The Morgan fingerprint density at radius 2 is 2.23 bits per heavy atom. The zero-order valence-electron chi connectivity index (χ0n) is 6.84. The van der Waals surface area contributed by atoms with Crippen molar-refractivity contribution in [1.82, 2.24) is 0 Å². The van der Waals surface area contributed by atoms with Crippen LogP contribution in [0.1, 0.15) is 22.8 Å². The molecule has 1 aromatic rings. The number of ketones is 1. The van der Waals surface area contributed by atoms with Crippen molar-refractivity contribution in [3.63, 3.8) is 0 Å². The van der Waals surface area contributed by atoms with E-state index in [0.717, 1.165) is 0 Å². The Morgan fingerprint density at radius 3 is 2.69 bits per heavy atom. The maximum atomic E-state index is 11.1. The molecule has 1 aromatic carbocycles. The van der Waals surface area contributed by atoms with Gasteiger partial charge in [-0.3, -0.25) is 4.79 Å². The normalized spacial score (nSPS) is 9.31. The number of halogens is 1. The fraction of sp³-hybridized carbons (Fsp3) is 0.111. The number of benzene rings is 1. The Hall–Kier alpha value is -1.09. The number of phenols is 1. The van der Waals surface area contributed by atoms with Crippen molar-refractivity contribution in [2.24, 2.45) is 0 Å². The molecule has 0 atom stereocenters. The van der Waals surface area contributed by atoms with Crippen molar-refractivity contribution < 1.29 is 9.90 Å². The van der Waals surface area contributed by atoms with E-state index in [2.05, 4.69) is 0 Å². The van der Waals surface area contributed by atoms with Crippen LogP contribution >= 0.6 is 22.6 Å². The van der Waals surface area contributed by atoms with Gasteiger partial charge in [-0.15, -0.1) is 0 Å². The lowest BCUT2D eigenvalue weighted by molar-refractivity contribution is 0.101. The van der Waals surface area contributed by atoms with Gasteiger partial charge in [0.25, 0.3) is 0 Å². The van der Waals surface area contributed by atoms with E-state index >= 15 is 0 Å². The van der Waals surface area contributed by atoms with Gasteiger partial charge in [0.1, 0.15) is 11.8 Å². The van der Waals surface area contributed by atoms with Crippen LogP contribution in [-0.4, -0.2) is 10.9 Å². The highest BCUT2D eigenvalue weighted by molar-refractivity contribution is 14.1. The average Bonchev–Trinajstić information content (AvgIpc) is 2.02. The molecule has 0 saturated carbocycles. The zero-order chi connectivity index (χ0) is 10.0. The molecule has 0 aliphatic carbocycles. The van der Waals surface area contributed by atoms with Gasteiger partial charge in [-0.05, 0) is 41.6 Å². The van der Waals surface area contributed by atoms with E-state index in [1.807, 2.05) is 28.7 Å². The number of rotatable bonds is 1. The standard InChI is InChI=1S/C9H6INO2/c1-5(12)7-2-6(13)3-9(10)8(7)4-11/h2-3,13H,1H3. The summed E-state index contributed by atoms with van der Waals surface area (Å²) < 4.78 is 0.588. The summed E-state index contributed by atoms with van der Waals surface area (Å²) >= 11 is 1.91. The quantitative estimate of drug-likeness (QED) is 0.635. The average molecular weight is 287 g/mol. The lowest BCUT2D eigenvalue weighted by Gasteiger charge is -2.02. The van der Waals surface area contributed by atoms with E-state index in [0.29, 0.717) is 9.13 Å². The molecule has 0 aliphatic heterocycles. The molecular weight excluding hydrogens is 281 g/mol. The van der Waals surface area contributed by atoms with Crippen molar-refractivity contribution in [3.05, 3.63) is 26.8 Å². The molecule has 1 rings (SSSR count). The molecule has 0 aromatic heterocycles. The molecule has 13 heavy (non-hydrogen) atoms. The predicted molar refractivity (Wildman–Crippen MR) is 55.5 cm³/mol. The number of carbonyl (C=O) groups is 1. The third-order valence-electron chi connectivity index (χ3n) is 1.57. The van der Waals surface area contributed by atoms with Gasteiger partial charge in [0.15, 0.2) is 5.78 Å². The maximum Gasteiger partial charge on any atom is 0.161 e. The Kier molecular flexibility index (Phi) is 2.88. The van der Waals surface area contributed by atoms with Crippen molar-refractivity contribution in [2.75, 3.05) is 0 Å². The molecule has 0 bridgehead atoms. The SMILES string of the molecule is CC(=O)c1cc(O)cc(I)c1C#N. The molecule has 0 spiro atoms. The highest BCUT2D eigenvalue weighted by Crippen LogP contribution is 2.22. The number of aromatic hydroxyl groups is 1. The number of carbonyl (C=O) groups excluding carboxylic acids is 1. The third-order valence-corrected chi connectivity index (χ3v) is 2.42. The topological polar surface area (TPSA) is 61.1 Å². The number of phenolic OH excluding ortho intramolecular Hbond substituents is 1. The van der Waals surface area contributed by atoms with Gasteiger partial charge in [0.2, 0.25) is 0 Å². The van der Waals surface area contributed by atoms with Gasteiger partial charge in [0.05, 0.1) is 5.56 Å². The zero-order valence-corrected chi connectivity index (χ0v) is 8.99. The van der Waals surface area contributed by atoms with E-state index in [9.17, 15) is 9.90 Å². The summed E-state index contributed by atoms with van der Waals surface area (Å²) in [7, 11) is 0. The molecular formula is C9H6INO2. The second kappa shape index (κ2) is 3.75. The van der Waals surface area contributed by atoms with Gasteiger partial charge >= 0.3 is 0 Å². The summed E-state index contributed by atoms with van der Waals surface area (Å²) in [4.78, 5) is 11.1. The molecule has 66 valence electrons. The summed E-state index contributed by atoms with van der Waals surface area (Å²) in [6.45, 7) is 1.37. The van der Waals surface area contributed by atoms with Crippen LogP contribution in [0.25, 0.3) is 0 Å². The largest absolute Gasteiger partial charge is 0.508 e. The molecule has 0 amide bonds. The molecule has 0 aliphatic rings. The first-order chi connectivity index (χ1) is 6.06. The molecule has 4 heteroatoms. The molecule has 1 N–H and O–H groups in total. The van der Waals surface area contributed by atoms with Crippen molar-refractivity contribution in [1.29, 1.82) is 5.26 Å². The first kappa shape index (κ1) is 9.99. The molecule has 0 radical (unpaired) electrons. The minimum absolute atomic E-state index is 0.00796. The number of Topliss-reactive ketones (excluding diaryl/α,β-unsaturated/α-hetero) is 1. The lowest BCUT2D eigenvalue weighted by atomic mass is 10.1. The van der Waals surface area contributed by atoms with Crippen LogP contribution in [0.2, 0.25) is 0 Å². The fourth-order valence-corrected chi connectivity index (χ4v) is 1.71. The summed E-state index contributed by atoms with van der Waals surface area (Å²) in [5.41, 5.74) is 0.595. The van der Waals surface area contributed by atoms with E-state index < -0.39 is 0 Å². The van der Waals surface area contributed by atoms with E-state index in [1.165, 1.54) is 19.1 Å². The molecule has 0 fully saturated rings.